The lowest BCUT2D eigenvalue weighted by atomic mass is 9.41. The molecule has 2 aromatic carbocycles. The number of carbonyl (C=O) groups is 1. The Kier molecular flexibility index (Phi) is 9.92. The highest BCUT2D eigenvalue weighted by atomic mass is 32.2. The number of halogens is 1. The van der Waals surface area contributed by atoms with E-state index in [1.165, 1.54) is 12.1 Å². The minimum Gasteiger partial charge on any atom is -0.463 e. The first-order chi connectivity index (χ1) is 22.8. The molecule has 0 saturated heterocycles. The van der Waals surface area contributed by atoms with E-state index in [0.717, 1.165) is 62.5 Å². The van der Waals surface area contributed by atoms with Gasteiger partial charge in [0.05, 0.1) is 23.7 Å². The van der Waals surface area contributed by atoms with Crippen molar-refractivity contribution in [1.29, 1.82) is 0 Å². The van der Waals surface area contributed by atoms with Crippen molar-refractivity contribution in [3.8, 4) is 16.9 Å². The quantitative estimate of drug-likeness (QED) is 0.253. The number of aliphatic hydroxyl groups excluding tert-OH is 2. The van der Waals surface area contributed by atoms with Gasteiger partial charge in [-0.25, -0.2) is 22.3 Å². The summed E-state index contributed by atoms with van der Waals surface area (Å²) in [5.41, 5.74) is 1.70. The van der Waals surface area contributed by atoms with Gasteiger partial charge in [-0.1, -0.05) is 58.4 Å². The van der Waals surface area contributed by atoms with E-state index in [4.69, 9.17) is 9.47 Å². The fourth-order valence-corrected chi connectivity index (χ4v) is 12.0. The molecular formula is C38H52FNO7S. The smallest absolute Gasteiger partial charge is 0.421 e. The minimum atomic E-state index is -4.15. The van der Waals surface area contributed by atoms with Crippen LogP contribution in [0.25, 0.3) is 11.1 Å². The summed E-state index contributed by atoms with van der Waals surface area (Å²) in [7, 11) is -4.15. The van der Waals surface area contributed by atoms with Crippen LogP contribution in [0.4, 0.5) is 9.18 Å². The van der Waals surface area contributed by atoms with Crippen molar-refractivity contribution >= 4 is 16.1 Å². The largest absolute Gasteiger partial charge is 0.463 e. The first-order valence-electron chi connectivity index (χ1n) is 17.8. The molecule has 48 heavy (non-hydrogen) atoms. The van der Waals surface area contributed by atoms with Crippen LogP contribution in [0.2, 0.25) is 0 Å². The van der Waals surface area contributed by atoms with Crippen molar-refractivity contribution < 1.29 is 37.3 Å². The number of ether oxygens (including phenoxy) is 2. The number of amides is 1. The van der Waals surface area contributed by atoms with Crippen LogP contribution in [0.15, 0.2) is 53.4 Å². The van der Waals surface area contributed by atoms with Gasteiger partial charge in [-0.3, -0.25) is 0 Å². The van der Waals surface area contributed by atoms with Crippen LogP contribution in [0.1, 0.15) is 79.1 Å². The zero-order valence-corrected chi connectivity index (χ0v) is 29.4. The Hall–Kier alpha value is -2.69. The maximum absolute atomic E-state index is 13.0. The Morgan fingerprint density at radius 3 is 2.21 bits per heavy atom. The number of hydrogen-bond donors (Lipinski definition) is 3. The highest BCUT2D eigenvalue weighted by molar-refractivity contribution is 7.90. The molecule has 2 aromatic rings. The summed E-state index contributed by atoms with van der Waals surface area (Å²) in [6.07, 6.45) is 6.12. The standard InChI is InChI=1S/C38H52FNO7S/c1-5-29-33-20-26(41)16-18-38(33,4)32-17-19-37(3)30(14-15-31(37)34(32)35(29)42)23(2)21-46-36(43)40-48(44,45)28-12-8-25(9-13-28)24-6-10-27(11-7-24)47-22-39/h6-13,23,26,29-35,41-42H,5,14-22H2,1-4H3,(H,40,43)/t23-,26-,29-,30-,31+,32+,33+,34+,35-,37-,38-/m1/s1. The molecule has 4 fully saturated rings. The minimum absolute atomic E-state index is 0.00544. The molecule has 0 unspecified atom stereocenters. The van der Waals surface area contributed by atoms with E-state index in [1.807, 2.05) is 0 Å². The number of fused-ring (bicyclic) bond motifs is 5. The van der Waals surface area contributed by atoms with Gasteiger partial charge < -0.3 is 19.7 Å². The predicted molar refractivity (Wildman–Crippen MR) is 181 cm³/mol. The number of aliphatic hydroxyl groups is 2. The van der Waals surface area contributed by atoms with E-state index in [-0.39, 0.29) is 52.3 Å². The van der Waals surface area contributed by atoms with Gasteiger partial charge in [0.2, 0.25) is 6.86 Å². The lowest BCUT2D eigenvalue weighted by Crippen LogP contribution is -2.62. The summed E-state index contributed by atoms with van der Waals surface area (Å²) in [6, 6.07) is 12.9. The Morgan fingerprint density at radius 2 is 1.56 bits per heavy atom. The third kappa shape index (κ3) is 6.26. The number of nitrogens with one attached hydrogen (secondary N) is 1. The predicted octanol–water partition coefficient (Wildman–Crippen LogP) is 7.34. The summed E-state index contributed by atoms with van der Waals surface area (Å²) < 4.78 is 50.8. The summed E-state index contributed by atoms with van der Waals surface area (Å²) in [6.45, 7) is 8.28. The molecule has 0 aromatic heterocycles. The second kappa shape index (κ2) is 13.6. The summed E-state index contributed by atoms with van der Waals surface area (Å²) in [5.74, 6) is 2.34. The van der Waals surface area contributed by atoms with Crippen molar-refractivity contribution in [3.63, 3.8) is 0 Å². The number of benzene rings is 2. The second-order valence-electron chi connectivity index (χ2n) is 15.6. The van der Waals surface area contributed by atoms with E-state index >= 15 is 0 Å². The van der Waals surface area contributed by atoms with E-state index in [9.17, 15) is 27.8 Å². The molecular weight excluding hydrogens is 633 g/mol. The molecule has 3 N–H and O–H groups in total. The van der Waals surface area contributed by atoms with Gasteiger partial charge in [0.25, 0.3) is 10.0 Å². The molecule has 0 bridgehead atoms. The van der Waals surface area contributed by atoms with Crippen LogP contribution in [0.3, 0.4) is 0 Å². The number of alkyl halides is 1. The van der Waals surface area contributed by atoms with E-state index in [0.29, 0.717) is 29.4 Å². The molecule has 264 valence electrons. The summed E-state index contributed by atoms with van der Waals surface area (Å²) in [4.78, 5) is 12.7. The monoisotopic (exact) mass is 685 g/mol. The molecule has 4 aliphatic rings. The Balaban J connectivity index is 1.07. The average Bonchev–Trinajstić information content (AvgIpc) is 3.42. The van der Waals surface area contributed by atoms with Gasteiger partial charge in [-0.15, -0.1) is 0 Å². The highest BCUT2D eigenvalue weighted by Gasteiger charge is 2.65. The molecule has 0 aliphatic heterocycles. The fourth-order valence-electron chi connectivity index (χ4n) is 11.1. The van der Waals surface area contributed by atoms with E-state index in [2.05, 4.69) is 32.4 Å². The zero-order valence-electron chi connectivity index (χ0n) is 28.6. The first kappa shape index (κ1) is 35.1. The molecule has 6 rings (SSSR count). The maximum atomic E-state index is 13.0. The number of hydrogen-bond acceptors (Lipinski definition) is 7. The molecule has 0 spiro atoms. The van der Waals surface area contributed by atoms with Crippen LogP contribution in [-0.4, -0.2) is 50.4 Å². The van der Waals surface area contributed by atoms with Gasteiger partial charge in [0, 0.05) is 0 Å². The average molecular weight is 686 g/mol. The third-order valence-corrected chi connectivity index (χ3v) is 14.7. The molecule has 1 amide bonds. The van der Waals surface area contributed by atoms with E-state index < -0.39 is 23.0 Å². The fraction of sp³-hybridized carbons (Fsp3) is 0.658. The van der Waals surface area contributed by atoms with Gasteiger partial charge in [0.1, 0.15) is 5.75 Å². The highest BCUT2D eigenvalue weighted by Crippen LogP contribution is 2.69. The lowest BCUT2D eigenvalue weighted by Gasteiger charge is -2.64. The SMILES string of the molecule is CC[C@H]1[C@@H](O)[C@@H]2[C@H](CC[C@]3(C)[C@@H]([C@H](C)COC(=O)NS(=O)(=O)c4ccc(-c5ccc(OCF)cc5)cc4)CC[C@@H]23)[C@@]2(C)CC[C@@H](O)C[C@@H]12. The lowest BCUT2D eigenvalue weighted by molar-refractivity contribution is -0.203. The van der Waals surface area contributed by atoms with Crippen LogP contribution in [-0.2, 0) is 14.8 Å². The topological polar surface area (TPSA) is 122 Å². The van der Waals surface area contributed by atoms with Crippen molar-refractivity contribution in [2.45, 2.75) is 96.2 Å². The van der Waals surface area contributed by atoms with Crippen LogP contribution in [0, 0.1) is 52.3 Å². The van der Waals surface area contributed by atoms with Crippen LogP contribution < -0.4 is 9.46 Å². The van der Waals surface area contributed by atoms with Crippen molar-refractivity contribution in [2.24, 2.45) is 52.3 Å². The number of carbonyl (C=O) groups excluding carboxylic acids is 1. The van der Waals surface area contributed by atoms with Gasteiger partial charge in [0.15, 0.2) is 0 Å². The molecule has 11 atom stereocenters. The Bertz CT molecular complexity index is 1550. The number of sulfonamides is 1. The Morgan fingerprint density at radius 1 is 0.938 bits per heavy atom. The van der Waals surface area contributed by atoms with Crippen molar-refractivity contribution in [3.05, 3.63) is 48.5 Å². The van der Waals surface area contributed by atoms with Gasteiger partial charge >= 0.3 is 6.09 Å². The molecule has 0 radical (unpaired) electrons. The molecule has 10 heteroatoms. The summed E-state index contributed by atoms with van der Waals surface area (Å²) in [5, 5.41) is 22.5. The molecule has 0 heterocycles. The molecule has 4 aliphatic carbocycles. The van der Waals surface area contributed by atoms with Crippen molar-refractivity contribution in [2.75, 3.05) is 13.5 Å². The first-order valence-corrected chi connectivity index (χ1v) is 19.3. The molecule has 8 nitrogen and oxygen atoms in total. The normalized spacial score (nSPS) is 36.6. The number of rotatable bonds is 9. The van der Waals surface area contributed by atoms with Gasteiger partial charge in [-0.2, -0.15) is 0 Å². The van der Waals surface area contributed by atoms with Crippen molar-refractivity contribution in [1.82, 2.24) is 4.72 Å². The Labute approximate surface area is 284 Å². The second-order valence-corrected chi connectivity index (χ2v) is 17.3. The third-order valence-electron chi connectivity index (χ3n) is 13.4. The molecule has 4 saturated carbocycles. The van der Waals surface area contributed by atoms with Gasteiger partial charge in [-0.05, 0) is 133 Å². The van der Waals surface area contributed by atoms with Crippen LogP contribution in [0.5, 0.6) is 5.75 Å². The zero-order chi connectivity index (χ0) is 34.4. The maximum Gasteiger partial charge on any atom is 0.421 e. The van der Waals surface area contributed by atoms with Crippen LogP contribution >= 0.6 is 0 Å². The van der Waals surface area contributed by atoms with E-state index in [1.54, 1.807) is 36.4 Å². The summed E-state index contributed by atoms with van der Waals surface area (Å²) >= 11 is 0.